The Morgan fingerprint density at radius 3 is 2.36 bits per heavy atom. The molecule has 0 N–H and O–H groups in total. The first kappa shape index (κ1) is 17.4. The lowest BCUT2D eigenvalue weighted by Crippen LogP contribution is -2.16. The Labute approximate surface area is 145 Å². The summed E-state index contributed by atoms with van der Waals surface area (Å²) in [6.07, 6.45) is -0.00372. The van der Waals surface area contributed by atoms with Crippen LogP contribution in [0.1, 0.15) is 42.0 Å². The molecule has 0 heterocycles. The lowest BCUT2D eigenvalue weighted by Gasteiger charge is -2.23. The summed E-state index contributed by atoms with van der Waals surface area (Å²) in [6.45, 7) is 2.24. The van der Waals surface area contributed by atoms with E-state index in [1.807, 2.05) is 6.07 Å². The third kappa shape index (κ3) is 4.79. The van der Waals surface area contributed by atoms with Crippen molar-refractivity contribution in [2.75, 3.05) is 0 Å². The molecule has 25 heavy (non-hydrogen) atoms. The zero-order valence-corrected chi connectivity index (χ0v) is 14.0. The van der Waals surface area contributed by atoms with E-state index >= 15 is 0 Å². The maximum absolute atomic E-state index is 12.1. The van der Waals surface area contributed by atoms with Crippen LogP contribution in [0.4, 0.5) is 13.2 Å². The number of hydrogen-bond acceptors (Lipinski definition) is 1. The van der Waals surface area contributed by atoms with Crippen LogP contribution < -0.4 is 4.74 Å². The number of rotatable bonds is 2. The summed E-state index contributed by atoms with van der Waals surface area (Å²) in [7, 11) is 0. The van der Waals surface area contributed by atoms with E-state index in [1.54, 1.807) is 0 Å². The monoisotopic (exact) mass is 344 g/mol. The van der Waals surface area contributed by atoms with Gasteiger partial charge in [0.1, 0.15) is 5.75 Å². The van der Waals surface area contributed by atoms with Gasteiger partial charge in [0.15, 0.2) is 0 Å². The molecule has 3 rings (SSSR count). The van der Waals surface area contributed by atoms with Crippen LogP contribution >= 0.6 is 0 Å². The summed E-state index contributed by atoms with van der Waals surface area (Å²) in [5.74, 6) is 6.62. The minimum atomic E-state index is -4.67. The first-order valence-electron chi connectivity index (χ1n) is 8.42. The van der Waals surface area contributed by atoms with Crippen LogP contribution in [0.25, 0.3) is 0 Å². The van der Waals surface area contributed by atoms with Gasteiger partial charge in [-0.05, 0) is 72.7 Å². The Bertz CT molecular complexity index is 795. The molecule has 4 heteroatoms. The Kier molecular flexibility index (Phi) is 5.03. The second kappa shape index (κ2) is 7.23. The van der Waals surface area contributed by atoms with Crippen LogP contribution in [-0.2, 0) is 12.8 Å². The van der Waals surface area contributed by atoms with Crippen molar-refractivity contribution in [2.45, 2.75) is 39.0 Å². The van der Waals surface area contributed by atoms with Crippen LogP contribution in [0, 0.1) is 17.8 Å². The van der Waals surface area contributed by atoms with Crippen LogP contribution in [0.5, 0.6) is 5.75 Å². The van der Waals surface area contributed by atoms with Gasteiger partial charge in [0, 0.05) is 11.1 Å². The van der Waals surface area contributed by atoms with Gasteiger partial charge >= 0.3 is 6.36 Å². The number of ether oxygens (including phenoxy) is 1. The van der Waals surface area contributed by atoms with Gasteiger partial charge in [-0.2, -0.15) is 0 Å². The summed E-state index contributed by atoms with van der Waals surface area (Å²) in [4.78, 5) is 0. The fraction of sp³-hybridized carbons (Fsp3) is 0.333. The minimum absolute atomic E-state index is 0.239. The second-order valence-corrected chi connectivity index (χ2v) is 6.32. The highest BCUT2D eigenvalue weighted by atomic mass is 19.4. The molecule has 2 aromatic rings. The van der Waals surface area contributed by atoms with E-state index < -0.39 is 6.36 Å². The molecule has 0 aromatic heterocycles. The highest BCUT2D eigenvalue weighted by Crippen LogP contribution is 2.28. The van der Waals surface area contributed by atoms with E-state index in [0.717, 1.165) is 24.3 Å². The molecular weight excluding hydrogens is 325 g/mol. The normalized spacial score (nSPS) is 16.6. The Morgan fingerprint density at radius 2 is 1.68 bits per heavy atom. The molecule has 1 unspecified atom stereocenters. The van der Waals surface area contributed by atoms with Gasteiger partial charge < -0.3 is 4.74 Å². The van der Waals surface area contributed by atoms with Crippen molar-refractivity contribution in [1.29, 1.82) is 0 Å². The second-order valence-electron chi connectivity index (χ2n) is 6.32. The molecule has 1 aliphatic carbocycles. The van der Waals surface area contributed by atoms with E-state index in [1.165, 1.54) is 48.2 Å². The third-order valence-corrected chi connectivity index (χ3v) is 4.55. The number of fused-ring (bicyclic) bond motifs is 1. The van der Waals surface area contributed by atoms with Crippen molar-refractivity contribution in [3.63, 3.8) is 0 Å². The maximum Gasteiger partial charge on any atom is 0.573 e. The van der Waals surface area contributed by atoms with Gasteiger partial charge in [-0.3, -0.25) is 0 Å². The molecule has 0 fully saturated rings. The molecule has 1 nitrogen and oxygen atoms in total. The van der Waals surface area contributed by atoms with E-state index in [4.69, 9.17) is 0 Å². The van der Waals surface area contributed by atoms with Gasteiger partial charge in [0.05, 0.1) is 0 Å². The third-order valence-electron chi connectivity index (χ3n) is 4.55. The van der Waals surface area contributed by atoms with Crippen molar-refractivity contribution in [3.8, 4) is 17.6 Å². The quantitative estimate of drug-likeness (QED) is 0.654. The molecule has 0 spiro atoms. The van der Waals surface area contributed by atoms with Crippen molar-refractivity contribution in [3.05, 3.63) is 64.7 Å². The molecule has 0 bridgehead atoms. The van der Waals surface area contributed by atoms with Crippen molar-refractivity contribution < 1.29 is 17.9 Å². The largest absolute Gasteiger partial charge is 0.573 e. The first-order valence-corrected chi connectivity index (χ1v) is 8.42. The van der Waals surface area contributed by atoms with Gasteiger partial charge in [0.25, 0.3) is 0 Å². The molecule has 0 aliphatic heterocycles. The van der Waals surface area contributed by atoms with Gasteiger partial charge in [-0.25, -0.2) is 0 Å². The zero-order valence-electron chi connectivity index (χ0n) is 14.0. The topological polar surface area (TPSA) is 9.23 Å². The van der Waals surface area contributed by atoms with Crippen molar-refractivity contribution >= 4 is 0 Å². The Morgan fingerprint density at radius 1 is 1.00 bits per heavy atom. The SMILES string of the molecule is CCC1CCc2cc(C#Cc3ccc(OC(F)(F)F)cc3)ccc2C1. The standard InChI is InChI=1S/C21H19F3O/c1-2-15-5-9-19-14-17(6-10-18(19)13-15)4-3-16-7-11-20(12-8-16)25-21(22,23)24/h6-8,10-12,14-15H,2,5,9,13H2,1H3. The van der Waals surface area contributed by atoms with Crippen LogP contribution in [0.2, 0.25) is 0 Å². The smallest absolute Gasteiger partial charge is 0.406 e. The fourth-order valence-corrected chi connectivity index (χ4v) is 3.14. The molecule has 0 amide bonds. The lowest BCUT2D eigenvalue weighted by atomic mass is 9.82. The summed E-state index contributed by atoms with van der Waals surface area (Å²) >= 11 is 0. The van der Waals surface area contributed by atoms with Crippen LogP contribution in [0.15, 0.2) is 42.5 Å². The average Bonchev–Trinajstić information content (AvgIpc) is 2.59. The molecule has 2 aromatic carbocycles. The molecular formula is C21H19F3O. The van der Waals surface area contributed by atoms with E-state index in [0.29, 0.717) is 5.56 Å². The molecule has 0 radical (unpaired) electrons. The predicted molar refractivity (Wildman–Crippen MR) is 91.4 cm³/mol. The predicted octanol–water partition coefficient (Wildman–Crippen LogP) is 5.50. The number of hydrogen-bond donors (Lipinski definition) is 0. The number of halogens is 3. The number of alkyl halides is 3. The number of aryl methyl sites for hydroxylation is 1. The minimum Gasteiger partial charge on any atom is -0.406 e. The summed E-state index contributed by atoms with van der Waals surface area (Å²) in [5.41, 5.74) is 4.37. The van der Waals surface area contributed by atoms with Gasteiger partial charge in [-0.15, -0.1) is 13.2 Å². The van der Waals surface area contributed by atoms with Gasteiger partial charge in [0.2, 0.25) is 0 Å². The zero-order chi connectivity index (χ0) is 17.9. The summed E-state index contributed by atoms with van der Waals surface area (Å²) in [6, 6.07) is 11.9. The average molecular weight is 344 g/mol. The maximum atomic E-state index is 12.1. The van der Waals surface area contributed by atoms with E-state index in [2.05, 4.69) is 35.6 Å². The van der Waals surface area contributed by atoms with Crippen LogP contribution in [0.3, 0.4) is 0 Å². The Balaban J connectivity index is 1.71. The lowest BCUT2D eigenvalue weighted by molar-refractivity contribution is -0.274. The molecule has 0 saturated carbocycles. The highest BCUT2D eigenvalue weighted by molar-refractivity contribution is 5.47. The fourth-order valence-electron chi connectivity index (χ4n) is 3.14. The molecule has 130 valence electrons. The highest BCUT2D eigenvalue weighted by Gasteiger charge is 2.30. The molecule has 0 saturated heterocycles. The van der Waals surface area contributed by atoms with E-state index in [-0.39, 0.29) is 5.75 Å². The summed E-state index contributed by atoms with van der Waals surface area (Å²) in [5, 5.41) is 0. The molecule has 1 atom stereocenters. The first-order chi connectivity index (χ1) is 11.9. The van der Waals surface area contributed by atoms with Crippen LogP contribution in [-0.4, -0.2) is 6.36 Å². The van der Waals surface area contributed by atoms with Crippen molar-refractivity contribution in [1.82, 2.24) is 0 Å². The number of benzene rings is 2. The van der Waals surface area contributed by atoms with E-state index in [9.17, 15) is 13.2 Å². The van der Waals surface area contributed by atoms with Gasteiger partial charge in [-0.1, -0.05) is 31.3 Å². The summed E-state index contributed by atoms with van der Waals surface area (Å²) < 4.78 is 40.3. The van der Waals surface area contributed by atoms with Crippen molar-refractivity contribution in [2.24, 2.45) is 5.92 Å². The molecule has 1 aliphatic rings. The Hall–Kier alpha value is -2.41.